The first kappa shape index (κ1) is 6.79. The van der Waals surface area contributed by atoms with Crippen LogP contribution in [0, 0.1) is 5.41 Å². The fourth-order valence-corrected chi connectivity index (χ4v) is 1.68. The molecule has 1 aliphatic rings. The molecule has 0 aliphatic heterocycles. The molecule has 0 nitrogen and oxygen atoms in total. The first-order valence-corrected chi connectivity index (χ1v) is 3.30. The smallest absolute Gasteiger partial charge is 0.129 e. The Morgan fingerprint density at radius 1 is 1.44 bits per heavy atom. The summed E-state index contributed by atoms with van der Waals surface area (Å²) in [5.41, 5.74) is -0.827. The molecule has 0 saturated heterocycles. The monoisotopic (exact) mass is 128 g/mol. The Morgan fingerprint density at radius 2 is 1.89 bits per heavy atom. The summed E-state index contributed by atoms with van der Waals surface area (Å²) in [5.74, 6) is 0. The maximum Gasteiger partial charge on any atom is 0.129 e. The Kier molecular flexibility index (Phi) is 1.20. The Hall–Kier alpha value is -0.330. The van der Waals surface area contributed by atoms with Crippen LogP contribution in [0.2, 0.25) is 0 Å². The Labute approximate surface area is 55.8 Å². The van der Waals surface area contributed by atoms with Crippen LogP contribution in [0.15, 0.2) is 12.7 Å². The molecule has 1 rings (SSSR count). The zero-order valence-electron chi connectivity index (χ0n) is 6.08. The molecule has 1 fully saturated rings. The second-order valence-electron chi connectivity index (χ2n) is 3.76. The molecular formula is C8H13F. The maximum atomic E-state index is 13.0. The quantitative estimate of drug-likeness (QED) is 0.476. The highest BCUT2D eigenvalue weighted by molar-refractivity contribution is 5.09. The second kappa shape index (κ2) is 1.59. The minimum atomic E-state index is -1.04. The fourth-order valence-electron chi connectivity index (χ4n) is 1.68. The third kappa shape index (κ3) is 1.15. The molecule has 0 heterocycles. The molecule has 0 radical (unpaired) electrons. The summed E-state index contributed by atoms with van der Waals surface area (Å²) in [4.78, 5) is 0. The molecule has 52 valence electrons. The van der Waals surface area contributed by atoms with Gasteiger partial charge >= 0.3 is 0 Å². The third-order valence-electron chi connectivity index (χ3n) is 1.91. The predicted molar refractivity (Wildman–Crippen MR) is 37.1 cm³/mol. The van der Waals surface area contributed by atoms with Gasteiger partial charge in [-0.05, 0) is 18.3 Å². The van der Waals surface area contributed by atoms with Crippen molar-refractivity contribution < 1.29 is 4.39 Å². The minimum absolute atomic E-state index is 0.211. The topological polar surface area (TPSA) is 0 Å². The molecule has 0 unspecified atom stereocenters. The van der Waals surface area contributed by atoms with Crippen LogP contribution in [-0.2, 0) is 0 Å². The number of hydrogen-bond donors (Lipinski definition) is 0. The van der Waals surface area contributed by atoms with E-state index < -0.39 is 5.67 Å². The zero-order valence-corrected chi connectivity index (χ0v) is 6.08. The van der Waals surface area contributed by atoms with E-state index in [1.54, 1.807) is 0 Å². The van der Waals surface area contributed by atoms with Gasteiger partial charge in [0, 0.05) is 0 Å². The summed E-state index contributed by atoms with van der Waals surface area (Å²) in [6, 6.07) is 0. The molecule has 0 spiro atoms. The Bertz CT molecular complexity index is 128. The van der Waals surface area contributed by atoms with Crippen LogP contribution in [0.1, 0.15) is 26.7 Å². The molecule has 0 N–H and O–H groups in total. The van der Waals surface area contributed by atoms with E-state index in [4.69, 9.17) is 0 Å². The van der Waals surface area contributed by atoms with E-state index in [0.29, 0.717) is 12.8 Å². The lowest BCUT2D eigenvalue weighted by Crippen LogP contribution is -2.43. The zero-order chi connectivity index (χ0) is 7.12. The van der Waals surface area contributed by atoms with Crippen molar-refractivity contribution in [3.63, 3.8) is 0 Å². The predicted octanol–water partition coefficient (Wildman–Crippen LogP) is 2.70. The molecule has 9 heavy (non-hydrogen) atoms. The standard InChI is InChI=1S/C8H13F/c1-4-8(9)5-7(2,3)6-8/h4H,1,5-6H2,2-3H3. The average molecular weight is 128 g/mol. The summed E-state index contributed by atoms with van der Waals surface area (Å²) < 4.78 is 13.0. The molecule has 1 aliphatic carbocycles. The van der Waals surface area contributed by atoms with Crippen LogP contribution in [0.25, 0.3) is 0 Å². The fraction of sp³-hybridized carbons (Fsp3) is 0.750. The molecule has 1 saturated carbocycles. The number of hydrogen-bond acceptors (Lipinski definition) is 0. The highest BCUT2D eigenvalue weighted by Gasteiger charge is 2.47. The number of allylic oxidation sites excluding steroid dienone is 1. The van der Waals surface area contributed by atoms with E-state index in [0.717, 1.165) is 0 Å². The van der Waals surface area contributed by atoms with Crippen LogP contribution in [0.4, 0.5) is 4.39 Å². The lowest BCUT2D eigenvalue weighted by molar-refractivity contribution is -0.00561. The van der Waals surface area contributed by atoms with E-state index in [9.17, 15) is 4.39 Å². The van der Waals surface area contributed by atoms with E-state index >= 15 is 0 Å². The van der Waals surface area contributed by atoms with Gasteiger partial charge in [-0.25, -0.2) is 4.39 Å². The molecule has 0 amide bonds. The van der Waals surface area contributed by atoms with Gasteiger partial charge < -0.3 is 0 Å². The highest BCUT2D eigenvalue weighted by Crippen LogP contribution is 2.50. The first-order chi connectivity index (χ1) is 3.97. The van der Waals surface area contributed by atoms with Crippen molar-refractivity contribution in [2.24, 2.45) is 5.41 Å². The van der Waals surface area contributed by atoms with Crippen molar-refractivity contribution in [2.75, 3.05) is 0 Å². The first-order valence-electron chi connectivity index (χ1n) is 3.30. The van der Waals surface area contributed by atoms with Crippen molar-refractivity contribution in [3.05, 3.63) is 12.7 Å². The molecule has 0 atom stereocenters. The molecular weight excluding hydrogens is 115 g/mol. The third-order valence-corrected chi connectivity index (χ3v) is 1.91. The second-order valence-corrected chi connectivity index (χ2v) is 3.76. The van der Waals surface area contributed by atoms with Crippen molar-refractivity contribution in [2.45, 2.75) is 32.4 Å². The summed E-state index contributed by atoms with van der Waals surface area (Å²) in [6.07, 6.45) is 2.71. The van der Waals surface area contributed by atoms with Gasteiger partial charge in [-0.2, -0.15) is 0 Å². The van der Waals surface area contributed by atoms with Crippen molar-refractivity contribution in [3.8, 4) is 0 Å². The van der Waals surface area contributed by atoms with Crippen LogP contribution in [-0.4, -0.2) is 5.67 Å². The highest BCUT2D eigenvalue weighted by atomic mass is 19.1. The van der Waals surface area contributed by atoms with Crippen LogP contribution in [0.5, 0.6) is 0 Å². The molecule has 0 bridgehead atoms. The van der Waals surface area contributed by atoms with Gasteiger partial charge in [0.15, 0.2) is 0 Å². The van der Waals surface area contributed by atoms with Crippen molar-refractivity contribution in [1.29, 1.82) is 0 Å². The van der Waals surface area contributed by atoms with Gasteiger partial charge in [0.2, 0.25) is 0 Å². The molecule has 0 aromatic heterocycles. The van der Waals surface area contributed by atoms with Gasteiger partial charge in [-0.15, -0.1) is 0 Å². The minimum Gasteiger partial charge on any atom is -0.239 e. The number of halogens is 1. The van der Waals surface area contributed by atoms with E-state index in [-0.39, 0.29) is 5.41 Å². The van der Waals surface area contributed by atoms with Crippen molar-refractivity contribution in [1.82, 2.24) is 0 Å². The van der Waals surface area contributed by atoms with Crippen LogP contribution < -0.4 is 0 Å². The van der Waals surface area contributed by atoms with Gasteiger partial charge in [0.1, 0.15) is 5.67 Å². The SMILES string of the molecule is C=CC1(F)CC(C)(C)C1. The van der Waals surface area contributed by atoms with Crippen molar-refractivity contribution >= 4 is 0 Å². The van der Waals surface area contributed by atoms with E-state index in [1.165, 1.54) is 6.08 Å². The van der Waals surface area contributed by atoms with Crippen LogP contribution in [0.3, 0.4) is 0 Å². The Balaban J connectivity index is 2.50. The Morgan fingerprint density at radius 3 is 2.00 bits per heavy atom. The molecule has 1 heteroatoms. The van der Waals surface area contributed by atoms with Gasteiger partial charge in [0.05, 0.1) is 0 Å². The largest absolute Gasteiger partial charge is 0.239 e. The summed E-state index contributed by atoms with van der Waals surface area (Å²) in [7, 11) is 0. The molecule has 0 aromatic rings. The summed E-state index contributed by atoms with van der Waals surface area (Å²) >= 11 is 0. The maximum absolute atomic E-state index is 13.0. The summed E-state index contributed by atoms with van der Waals surface area (Å²) in [5, 5.41) is 0. The van der Waals surface area contributed by atoms with Gasteiger partial charge in [-0.1, -0.05) is 26.5 Å². The van der Waals surface area contributed by atoms with E-state index in [2.05, 4.69) is 20.4 Å². The molecule has 0 aromatic carbocycles. The lowest BCUT2D eigenvalue weighted by Gasteiger charge is -2.45. The lowest BCUT2D eigenvalue weighted by atomic mass is 9.62. The van der Waals surface area contributed by atoms with Gasteiger partial charge in [0.25, 0.3) is 0 Å². The van der Waals surface area contributed by atoms with Crippen LogP contribution >= 0.6 is 0 Å². The number of rotatable bonds is 1. The number of alkyl halides is 1. The average Bonchev–Trinajstić information content (AvgIpc) is 1.61. The summed E-state index contributed by atoms with van der Waals surface area (Å²) in [6.45, 7) is 7.60. The van der Waals surface area contributed by atoms with Gasteiger partial charge in [-0.3, -0.25) is 0 Å². The normalized spacial score (nSPS) is 28.8. The van der Waals surface area contributed by atoms with E-state index in [1.807, 2.05) is 0 Å².